The first-order chi connectivity index (χ1) is 18.9. The van der Waals surface area contributed by atoms with Gasteiger partial charge in [0.2, 0.25) is 20.0 Å². The maximum atomic E-state index is 13.9. The molecule has 0 saturated heterocycles. The molecule has 3 aromatic carbocycles. The Hall–Kier alpha value is -3.03. The molecule has 0 saturated carbocycles. The van der Waals surface area contributed by atoms with Gasteiger partial charge < -0.3 is 14.6 Å². The quantitative estimate of drug-likeness (QED) is 0.425. The Labute approximate surface area is 234 Å². The minimum Gasteiger partial charge on any atom is -0.497 e. The van der Waals surface area contributed by atoms with Crippen molar-refractivity contribution < 1.29 is 35.8 Å². The van der Waals surface area contributed by atoms with E-state index in [4.69, 9.17) is 9.47 Å². The summed E-state index contributed by atoms with van der Waals surface area (Å²) < 4.78 is 81.9. The van der Waals surface area contributed by atoms with Crippen molar-refractivity contribution in [2.24, 2.45) is 5.92 Å². The number of methoxy groups -OCH3 is 1. The van der Waals surface area contributed by atoms with Crippen LogP contribution in [0.15, 0.2) is 76.5 Å². The van der Waals surface area contributed by atoms with Gasteiger partial charge in [-0.1, -0.05) is 25.1 Å². The highest BCUT2D eigenvalue weighted by Crippen LogP contribution is 2.37. The van der Waals surface area contributed by atoms with E-state index in [0.29, 0.717) is 16.9 Å². The molecule has 1 aliphatic rings. The van der Waals surface area contributed by atoms with Crippen molar-refractivity contribution in [1.29, 1.82) is 0 Å². The molecule has 0 radical (unpaired) electrons. The second-order valence-corrected chi connectivity index (χ2v) is 13.8. The van der Waals surface area contributed by atoms with Crippen LogP contribution in [-0.2, 0) is 20.0 Å². The van der Waals surface area contributed by atoms with E-state index >= 15 is 0 Å². The number of ether oxygens (including phenoxy) is 2. The Morgan fingerprint density at radius 1 is 1.12 bits per heavy atom. The number of benzene rings is 3. The summed E-state index contributed by atoms with van der Waals surface area (Å²) in [4.78, 5) is -0.0493. The van der Waals surface area contributed by atoms with E-state index in [0.717, 1.165) is 0 Å². The molecule has 1 aliphatic heterocycles. The summed E-state index contributed by atoms with van der Waals surface area (Å²) in [7, 11) is -5.09. The minimum atomic E-state index is -4.09. The number of aliphatic hydroxyl groups excluding tert-OH is 1. The molecule has 12 heteroatoms. The number of hydrogen-bond donors (Lipinski definition) is 1. The number of sulfonamides is 2. The first-order valence-electron chi connectivity index (χ1n) is 12.7. The average molecular weight is 593 g/mol. The predicted octanol–water partition coefficient (Wildman–Crippen LogP) is 3.59. The van der Waals surface area contributed by atoms with Gasteiger partial charge in [0.1, 0.15) is 28.3 Å². The van der Waals surface area contributed by atoms with E-state index in [9.17, 15) is 26.3 Å². The third kappa shape index (κ3) is 6.01. The summed E-state index contributed by atoms with van der Waals surface area (Å²) in [5.74, 6) is -0.381. The summed E-state index contributed by atoms with van der Waals surface area (Å²) in [6.45, 7) is 2.88. The standard InChI is InChI=1S/C28H33FN2O7S2/c1-19-16-31(20(2)18-32)40(35,36)28-13-8-22(21-6-5-7-23(29)14-21)15-26(28)38-27(19)17-30(3)39(33,34)25-11-9-24(37-4)10-12-25/h5-15,19-20,27,32H,16-18H2,1-4H3/t19-,20-,27-/m0/s1. The van der Waals surface area contributed by atoms with Gasteiger partial charge in [-0.3, -0.25) is 0 Å². The van der Waals surface area contributed by atoms with Crippen LogP contribution in [-0.4, -0.2) is 76.6 Å². The molecule has 0 aliphatic carbocycles. The molecule has 216 valence electrons. The monoisotopic (exact) mass is 592 g/mol. The molecule has 0 spiro atoms. The Bertz CT molecular complexity index is 1560. The van der Waals surface area contributed by atoms with Crippen LogP contribution in [0.25, 0.3) is 11.1 Å². The van der Waals surface area contributed by atoms with E-state index in [1.807, 2.05) is 0 Å². The lowest BCUT2D eigenvalue weighted by atomic mass is 10.0. The molecular formula is C28H33FN2O7S2. The first kappa shape index (κ1) is 29.9. The van der Waals surface area contributed by atoms with E-state index in [-0.39, 0.29) is 28.6 Å². The molecule has 3 atom stereocenters. The smallest absolute Gasteiger partial charge is 0.247 e. The van der Waals surface area contributed by atoms with Gasteiger partial charge in [0.25, 0.3) is 0 Å². The van der Waals surface area contributed by atoms with Gasteiger partial charge in [-0.2, -0.15) is 8.61 Å². The zero-order chi connectivity index (χ0) is 29.2. The van der Waals surface area contributed by atoms with Crippen LogP contribution in [0.5, 0.6) is 11.5 Å². The molecule has 1 N–H and O–H groups in total. The maximum absolute atomic E-state index is 13.9. The van der Waals surface area contributed by atoms with E-state index in [1.165, 1.54) is 59.2 Å². The largest absolute Gasteiger partial charge is 0.497 e. The van der Waals surface area contributed by atoms with Crippen molar-refractivity contribution in [2.75, 3.05) is 33.9 Å². The number of hydrogen-bond acceptors (Lipinski definition) is 7. The fourth-order valence-corrected chi connectivity index (χ4v) is 7.58. The van der Waals surface area contributed by atoms with Gasteiger partial charge in [-0.25, -0.2) is 21.2 Å². The van der Waals surface area contributed by atoms with Crippen LogP contribution in [0.1, 0.15) is 13.8 Å². The van der Waals surface area contributed by atoms with E-state index in [2.05, 4.69) is 0 Å². The Morgan fingerprint density at radius 2 is 1.80 bits per heavy atom. The topological polar surface area (TPSA) is 113 Å². The zero-order valence-electron chi connectivity index (χ0n) is 22.7. The number of rotatable bonds is 8. The fourth-order valence-electron chi connectivity index (χ4n) is 4.57. The lowest BCUT2D eigenvalue weighted by molar-refractivity contribution is 0.0905. The summed E-state index contributed by atoms with van der Waals surface area (Å²) in [5, 5.41) is 9.85. The second kappa shape index (κ2) is 11.8. The van der Waals surface area contributed by atoms with Crippen molar-refractivity contribution in [3.8, 4) is 22.6 Å². The Kier molecular flexibility index (Phi) is 8.86. The maximum Gasteiger partial charge on any atom is 0.247 e. The fraction of sp³-hybridized carbons (Fsp3) is 0.357. The van der Waals surface area contributed by atoms with Gasteiger partial charge in [0, 0.05) is 25.6 Å². The number of nitrogens with zero attached hydrogens (tertiary/aromatic N) is 2. The highest BCUT2D eigenvalue weighted by Gasteiger charge is 2.39. The van der Waals surface area contributed by atoms with E-state index in [1.54, 1.807) is 44.2 Å². The molecule has 40 heavy (non-hydrogen) atoms. The van der Waals surface area contributed by atoms with Crippen molar-refractivity contribution >= 4 is 20.0 Å². The molecular weight excluding hydrogens is 559 g/mol. The average Bonchev–Trinajstić information content (AvgIpc) is 2.94. The number of halogens is 1. The van der Waals surface area contributed by atoms with Gasteiger partial charge >= 0.3 is 0 Å². The molecule has 0 aromatic heterocycles. The molecule has 9 nitrogen and oxygen atoms in total. The molecule has 0 amide bonds. The van der Waals surface area contributed by atoms with Gasteiger partial charge in [-0.15, -0.1) is 0 Å². The van der Waals surface area contributed by atoms with E-state index < -0.39 is 50.5 Å². The molecule has 0 fully saturated rings. The van der Waals surface area contributed by atoms with Crippen LogP contribution in [0.4, 0.5) is 4.39 Å². The van der Waals surface area contributed by atoms with Crippen molar-refractivity contribution in [1.82, 2.24) is 8.61 Å². The van der Waals surface area contributed by atoms with Crippen LogP contribution >= 0.6 is 0 Å². The molecule has 0 unspecified atom stereocenters. The third-order valence-corrected chi connectivity index (χ3v) is 10.9. The highest BCUT2D eigenvalue weighted by molar-refractivity contribution is 7.89. The predicted molar refractivity (Wildman–Crippen MR) is 149 cm³/mol. The van der Waals surface area contributed by atoms with Gasteiger partial charge in [0.15, 0.2) is 0 Å². The van der Waals surface area contributed by atoms with Crippen LogP contribution < -0.4 is 9.47 Å². The van der Waals surface area contributed by atoms with Crippen LogP contribution in [0, 0.1) is 11.7 Å². The summed E-state index contributed by atoms with van der Waals surface area (Å²) >= 11 is 0. The van der Waals surface area contributed by atoms with Crippen molar-refractivity contribution in [3.05, 3.63) is 72.5 Å². The van der Waals surface area contributed by atoms with Gasteiger partial charge in [-0.05, 0) is 66.6 Å². The summed E-state index contributed by atoms with van der Waals surface area (Å²) in [5.41, 5.74) is 1.05. The van der Waals surface area contributed by atoms with Crippen molar-refractivity contribution in [2.45, 2.75) is 35.8 Å². The number of aliphatic hydroxyl groups is 1. The molecule has 0 bridgehead atoms. The second-order valence-electron chi connectivity index (χ2n) is 9.87. The van der Waals surface area contributed by atoms with Crippen LogP contribution in [0.2, 0.25) is 0 Å². The Morgan fingerprint density at radius 3 is 2.42 bits per heavy atom. The van der Waals surface area contributed by atoms with Gasteiger partial charge in [0.05, 0.1) is 25.2 Å². The minimum absolute atomic E-state index is 0.00373. The highest BCUT2D eigenvalue weighted by atomic mass is 32.2. The lowest BCUT2D eigenvalue weighted by Gasteiger charge is -2.37. The summed E-state index contributed by atoms with van der Waals surface area (Å²) in [6.07, 6.45) is -0.761. The Balaban J connectivity index is 1.76. The molecule has 4 rings (SSSR count). The zero-order valence-corrected chi connectivity index (χ0v) is 24.3. The SMILES string of the molecule is COc1ccc(S(=O)(=O)N(C)C[C@@H]2Oc3cc(-c4cccc(F)c4)ccc3S(=O)(=O)N([C@@H](C)CO)C[C@@H]2C)cc1. The molecule has 3 aromatic rings. The summed E-state index contributed by atoms with van der Waals surface area (Å²) in [6, 6.07) is 15.6. The first-order valence-corrected chi connectivity index (χ1v) is 15.6. The lowest BCUT2D eigenvalue weighted by Crippen LogP contribution is -2.50. The van der Waals surface area contributed by atoms with Crippen LogP contribution in [0.3, 0.4) is 0 Å². The number of fused-ring (bicyclic) bond motifs is 1. The molecule has 1 heterocycles. The van der Waals surface area contributed by atoms with Crippen molar-refractivity contribution in [3.63, 3.8) is 0 Å². The number of likely N-dealkylation sites (N-methyl/N-ethyl adjacent to an activating group) is 1. The normalized spacial score (nSPS) is 20.2. The third-order valence-electron chi connectivity index (χ3n) is 7.03.